The summed E-state index contributed by atoms with van der Waals surface area (Å²) in [5.41, 5.74) is 1.42. The fourth-order valence-electron chi connectivity index (χ4n) is 2.65. The van der Waals surface area contributed by atoms with Crippen LogP contribution in [0.1, 0.15) is 10.4 Å². The summed E-state index contributed by atoms with van der Waals surface area (Å²) in [5, 5.41) is 13.8. The summed E-state index contributed by atoms with van der Waals surface area (Å²) in [6.07, 6.45) is 0. The lowest BCUT2D eigenvalue weighted by molar-refractivity contribution is -0.384. The van der Waals surface area contributed by atoms with Crippen LogP contribution in [0.25, 0.3) is 0 Å². The third-order valence-electron chi connectivity index (χ3n) is 3.91. The number of nitro benzene ring substituents is 1. The molecule has 0 spiro atoms. The number of carbonyl (C=O) groups excluding carboxylic acids is 1. The standard InChI is InChI=1S/C17H16ClN3O4/c18-13-6-5-12(11-16(13)21(23)24)17(22)19-14-3-1-2-4-15(14)20-7-9-25-10-8-20/h1-6,11H,7-10H2,(H,19,22). The monoisotopic (exact) mass is 361 g/mol. The fraction of sp³-hybridized carbons (Fsp3) is 0.235. The molecule has 2 aromatic rings. The zero-order valence-electron chi connectivity index (χ0n) is 13.3. The minimum atomic E-state index is -0.610. The molecule has 25 heavy (non-hydrogen) atoms. The summed E-state index contributed by atoms with van der Waals surface area (Å²) < 4.78 is 5.35. The minimum Gasteiger partial charge on any atom is -0.378 e. The van der Waals surface area contributed by atoms with Gasteiger partial charge in [-0.15, -0.1) is 0 Å². The summed E-state index contributed by atoms with van der Waals surface area (Å²) in [4.78, 5) is 25.0. The van der Waals surface area contributed by atoms with Crippen LogP contribution in [0.4, 0.5) is 17.1 Å². The van der Waals surface area contributed by atoms with Crippen molar-refractivity contribution in [3.05, 3.63) is 63.2 Å². The lowest BCUT2D eigenvalue weighted by Gasteiger charge is -2.30. The van der Waals surface area contributed by atoms with Crippen molar-refractivity contribution in [3.63, 3.8) is 0 Å². The Bertz CT molecular complexity index is 806. The second-order valence-electron chi connectivity index (χ2n) is 5.49. The van der Waals surface area contributed by atoms with Crippen LogP contribution in [0, 0.1) is 10.1 Å². The van der Waals surface area contributed by atoms with Crippen LogP contribution in [0.3, 0.4) is 0 Å². The highest BCUT2D eigenvalue weighted by Gasteiger charge is 2.19. The highest BCUT2D eigenvalue weighted by Crippen LogP contribution is 2.28. The third-order valence-corrected chi connectivity index (χ3v) is 4.23. The number of hydrogen-bond donors (Lipinski definition) is 1. The molecule has 0 radical (unpaired) electrons. The van der Waals surface area contributed by atoms with Crippen LogP contribution in [-0.4, -0.2) is 37.1 Å². The largest absolute Gasteiger partial charge is 0.378 e. The van der Waals surface area contributed by atoms with Crippen molar-refractivity contribution in [1.82, 2.24) is 0 Å². The molecule has 3 rings (SSSR count). The van der Waals surface area contributed by atoms with Gasteiger partial charge in [-0.2, -0.15) is 0 Å². The molecule has 0 aliphatic carbocycles. The lowest BCUT2D eigenvalue weighted by atomic mass is 10.1. The third kappa shape index (κ3) is 3.89. The number of rotatable bonds is 4. The maximum absolute atomic E-state index is 12.5. The van der Waals surface area contributed by atoms with Gasteiger partial charge in [0.1, 0.15) is 5.02 Å². The van der Waals surface area contributed by atoms with E-state index in [0.29, 0.717) is 18.9 Å². The lowest BCUT2D eigenvalue weighted by Crippen LogP contribution is -2.36. The topological polar surface area (TPSA) is 84.7 Å². The van der Waals surface area contributed by atoms with Crippen LogP contribution in [0.15, 0.2) is 42.5 Å². The van der Waals surface area contributed by atoms with Crippen molar-refractivity contribution in [3.8, 4) is 0 Å². The van der Waals surface area contributed by atoms with Crippen molar-refractivity contribution in [1.29, 1.82) is 0 Å². The first-order valence-electron chi connectivity index (χ1n) is 7.73. The van der Waals surface area contributed by atoms with Crippen LogP contribution >= 0.6 is 11.6 Å². The van der Waals surface area contributed by atoms with Crippen molar-refractivity contribution in [2.75, 3.05) is 36.5 Å². The zero-order chi connectivity index (χ0) is 17.8. The minimum absolute atomic E-state index is 0.00438. The molecule has 1 saturated heterocycles. The smallest absolute Gasteiger partial charge is 0.288 e. The van der Waals surface area contributed by atoms with Crippen molar-refractivity contribution in [2.45, 2.75) is 0 Å². The molecule has 1 heterocycles. The van der Waals surface area contributed by atoms with E-state index in [-0.39, 0.29) is 16.3 Å². The van der Waals surface area contributed by atoms with E-state index < -0.39 is 10.8 Å². The van der Waals surface area contributed by atoms with Gasteiger partial charge >= 0.3 is 0 Å². The van der Waals surface area contributed by atoms with Crippen LogP contribution in [0.2, 0.25) is 5.02 Å². The number of halogens is 1. The van der Waals surface area contributed by atoms with Gasteiger partial charge in [-0.3, -0.25) is 14.9 Å². The number of morpholine rings is 1. The first-order chi connectivity index (χ1) is 12.1. The maximum atomic E-state index is 12.5. The summed E-state index contributed by atoms with van der Waals surface area (Å²) in [6.45, 7) is 2.73. The van der Waals surface area contributed by atoms with Gasteiger partial charge in [0, 0.05) is 24.7 Å². The van der Waals surface area contributed by atoms with E-state index in [1.807, 2.05) is 18.2 Å². The second-order valence-corrected chi connectivity index (χ2v) is 5.90. The Morgan fingerprint density at radius 3 is 2.64 bits per heavy atom. The number of amides is 1. The Labute approximate surface area is 149 Å². The van der Waals surface area contributed by atoms with E-state index >= 15 is 0 Å². The predicted molar refractivity (Wildman–Crippen MR) is 95.5 cm³/mol. The Balaban J connectivity index is 1.84. The number of hydrogen-bond acceptors (Lipinski definition) is 5. The summed E-state index contributed by atoms with van der Waals surface area (Å²) in [5.74, 6) is -0.430. The van der Waals surface area contributed by atoms with E-state index in [4.69, 9.17) is 16.3 Å². The number of carbonyl (C=O) groups is 1. The van der Waals surface area contributed by atoms with E-state index in [1.54, 1.807) is 6.07 Å². The molecule has 2 aromatic carbocycles. The SMILES string of the molecule is O=C(Nc1ccccc1N1CCOCC1)c1ccc(Cl)c([N+](=O)[O-])c1. The van der Waals surface area contributed by atoms with Crippen LogP contribution in [-0.2, 0) is 4.74 Å². The number of anilines is 2. The highest BCUT2D eigenvalue weighted by atomic mass is 35.5. The van der Waals surface area contributed by atoms with Crippen LogP contribution < -0.4 is 10.2 Å². The molecule has 1 aliphatic rings. The molecule has 7 nitrogen and oxygen atoms in total. The molecule has 130 valence electrons. The van der Waals surface area contributed by atoms with E-state index in [0.717, 1.165) is 18.8 Å². The quantitative estimate of drug-likeness (QED) is 0.667. The Hall–Kier alpha value is -2.64. The van der Waals surface area contributed by atoms with Crippen molar-refractivity contribution < 1.29 is 14.5 Å². The van der Waals surface area contributed by atoms with Gasteiger partial charge in [-0.1, -0.05) is 23.7 Å². The molecule has 1 aliphatic heterocycles. The molecule has 1 amide bonds. The van der Waals surface area contributed by atoms with Crippen molar-refractivity contribution >= 4 is 34.6 Å². The molecule has 1 fully saturated rings. The summed E-state index contributed by atoms with van der Waals surface area (Å²) in [6, 6.07) is 11.4. The normalized spacial score (nSPS) is 14.2. The number of benzene rings is 2. The van der Waals surface area contributed by atoms with Gasteiger partial charge in [-0.05, 0) is 24.3 Å². The molecule has 1 N–H and O–H groups in total. The zero-order valence-corrected chi connectivity index (χ0v) is 14.0. The number of nitrogens with one attached hydrogen (secondary N) is 1. The molecule has 0 bridgehead atoms. The second kappa shape index (κ2) is 7.50. The van der Waals surface area contributed by atoms with Crippen LogP contribution in [0.5, 0.6) is 0 Å². The van der Waals surface area contributed by atoms with Gasteiger partial charge in [0.05, 0.1) is 29.5 Å². The molecule has 0 atom stereocenters. The first kappa shape index (κ1) is 17.2. The maximum Gasteiger partial charge on any atom is 0.288 e. The van der Waals surface area contributed by atoms with Gasteiger partial charge < -0.3 is 15.0 Å². The predicted octanol–water partition coefficient (Wildman–Crippen LogP) is 3.34. The molecular weight excluding hydrogens is 346 g/mol. The summed E-state index contributed by atoms with van der Waals surface area (Å²) in [7, 11) is 0. The fourth-order valence-corrected chi connectivity index (χ4v) is 2.83. The van der Waals surface area contributed by atoms with E-state index in [2.05, 4.69) is 10.2 Å². The van der Waals surface area contributed by atoms with E-state index in [1.165, 1.54) is 18.2 Å². The molecular formula is C17H16ClN3O4. The van der Waals surface area contributed by atoms with Gasteiger partial charge in [-0.25, -0.2) is 0 Å². The van der Waals surface area contributed by atoms with Gasteiger partial charge in [0.15, 0.2) is 0 Å². The number of ether oxygens (including phenoxy) is 1. The summed E-state index contributed by atoms with van der Waals surface area (Å²) >= 11 is 5.79. The van der Waals surface area contributed by atoms with E-state index in [9.17, 15) is 14.9 Å². The number of para-hydroxylation sites is 2. The molecule has 0 saturated carbocycles. The number of nitrogens with zero attached hydrogens (tertiary/aromatic N) is 2. The number of nitro groups is 1. The molecule has 0 unspecified atom stereocenters. The first-order valence-corrected chi connectivity index (χ1v) is 8.11. The van der Waals surface area contributed by atoms with Gasteiger partial charge in [0.2, 0.25) is 0 Å². The Kier molecular flexibility index (Phi) is 5.16. The average molecular weight is 362 g/mol. The molecule has 0 aromatic heterocycles. The van der Waals surface area contributed by atoms with Crippen molar-refractivity contribution in [2.24, 2.45) is 0 Å². The Morgan fingerprint density at radius 1 is 1.20 bits per heavy atom. The average Bonchev–Trinajstić information content (AvgIpc) is 2.63. The molecule has 8 heteroatoms. The van der Waals surface area contributed by atoms with Gasteiger partial charge in [0.25, 0.3) is 11.6 Å². The highest BCUT2D eigenvalue weighted by molar-refractivity contribution is 6.32. The Morgan fingerprint density at radius 2 is 1.92 bits per heavy atom.